The molecular weight excluding hydrogens is 292 g/mol. The molecule has 0 radical (unpaired) electrons. The number of hydrogen-bond acceptors (Lipinski definition) is 3. The fraction of sp³-hybridized carbons (Fsp3) is 0.529. The number of aromatic nitrogens is 3. The SMILES string of the molecule is Cc1cc(C(=O)NCc2ccc(C)n2C)n(C2CCOCC2)n1. The van der Waals surface area contributed by atoms with Gasteiger partial charge in [-0.2, -0.15) is 5.10 Å². The van der Waals surface area contributed by atoms with Gasteiger partial charge in [-0.3, -0.25) is 9.48 Å². The molecule has 3 rings (SSSR count). The monoisotopic (exact) mass is 316 g/mol. The molecule has 0 aliphatic carbocycles. The zero-order valence-electron chi connectivity index (χ0n) is 14.0. The lowest BCUT2D eigenvalue weighted by atomic mass is 10.1. The van der Waals surface area contributed by atoms with Crippen molar-refractivity contribution in [2.45, 2.75) is 39.3 Å². The van der Waals surface area contributed by atoms with E-state index in [2.05, 4.69) is 28.0 Å². The average molecular weight is 316 g/mol. The second-order valence-electron chi connectivity index (χ2n) is 6.17. The Balaban J connectivity index is 1.73. The lowest BCUT2D eigenvalue weighted by molar-refractivity contribution is 0.0641. The van der Waals surface area contributed by atoms with Crippen molar-refractivity contribution in [1.29, 1.82) is 0 Å². The Kier molecular flexibility index (Phi) is 4.52. The molecule has 6 heteroatoms. The highest BCUT2D eigenvalue weighted by Gasteiger charge is 2.23. The van der Waals surface area contributed by atoms with E-state index in [1.807, 2.05) is 30.8 Å². The Morgan fingerprint density at radius 1 is 1.35 bits per heavy atom. The molecule has 6 nitrogen and oxygen atoms in total. The van der Waals surface area contributed by atoms with Crippen LogP contribution in [0.1, 0.15) is 46.5 Å². The summed E-state index contributed by atoms with van der Waals surface area (Å²) in [6, 6.07) is 6.20. The van der Waals surface area contributed by atoms with Crippen molar-refractivity contribution in [3.63, 3.8) is 0 Å². The van der Waals surface area contributed by atoms with Gasteiger partial charge in [0.2, 0.25) is 0 Å². The molecule has 124 valence electrons. The molecule has 2 aromatic rings. The molecule has 0 saturated carbocycles. The molecule has 1 fully saturated rings. The second kappa shape index (κ2) is 6.58. The van der Waals surface area contributed by atoms with Crippen molar-refractivity contribution in [3.8, 4) is 0 Å². The Morgan fingerprint density at radius 3 is 2.74 bits per heavy atom. The molecule has 0 spiro atoms. The highest BCUT2D eigenvalue weighted by atomic mass is 16.5. The Morgan fingerprint density at radius 2 is 2.09 bits per heavy atom. The summed E-state index contributed by atoms with van der Waals surface area (Å²) in [5.74, 6) is -0.0732. The summed E-state index contributed by atoms with van der Waals surface area (Å²) in [6.45, 7) is 5.95. The summed E-state index contributed by atoms with van der Waals surface area (Å²) in [5, 5.41) is 7.54. The lowest BCUT2D eigenvalue weighted by Crippen LogP contribution is -2.29. The summed E-state index contributed by atoms with van der Waals surface area (Å²) >= 11 is 0. The van der Waals surface area contributed by atoms with Crippen molar-refractivity contribution in [1.82, 2.24) is 19.7 Å². The minimum atomic E-state index is -0.0732. The topological polar surface area (TPSA) is 61.1 Å². The largest absolute Gasteiger partial charge is 0.381 e. The van der Waals surface area contributed by atoms with Gasteiger partial charge in [0, 0.05) is 31.6 Å². The van der Waals surface area contributed by atoms with E-state index in [0.717, 1.165) is 37.4 Å². The lowest BCUT2D eigenvalue weighted by Gasteiger charge is -2.24. The van der Waals surface area contributed by atoms with Crippen LogP contribution in [-0.4, -0.2) is 33.5 Å². The van der Waals surface area contributed by atoms with Gasteiger partial charge < -0.3 is 14.6 Å². The minimum absolute atomic E-state index is 0.0732. The molecule has 0 atom stereocenters. The number of nitrogens with one attached hydrogen (secondary N) is 1. The molecule has 1 saturated heterocycles. The van der Waals surface area contributed by atoms with E-state index in [9.17, 15) is 4.79 Å². The molecule has 1 amide bonds. The van der Waals surface area contributed by atoms with E-state index < -0.39 is 0 Å². The van der Waals surface area contributed by atoms with Crippen LogP contribution in [0.2, 0.25) is 0 Å². The van der Waals surface area contributed by atoms with Gasteiger partial charge in [0.1, 0.15) is 5.69 Å². The molecule has 2 aromatic heterocycles. The second-order valence-corrected chi connectivity index (χ2v) is 6.17. The van der Waals surface area contributed by atoms with Crippen LogP contribution in [0, 0.1) is 13.8 Å². The van der Waals surface area contributed by atoms with Crippen molar-refractivity contribution in [3.05, 3.63) is 41.0 Å². The average Bonchev–Trinajstić information content (AvgIpc) is 3.10. The van der Waals surface area contributed by atoms with Crippen LogP contribution < -0.4 is 5.32 Å². The van der Waals surface area contributed by atoms with Crippen molar-refractivity contribution in [2.24, 2.45) is 7.05 Å². The maximum Gasteiger partial charge on any atom is 0.269 e. The van der Waals surface area contributed by atoms with Crippen LogP contribution >= 0.6 is 0 Å². The zero-order chi connectivity index (χ0) is 16.4. The summed E-state index contributed by atoms with van der Waals surface area (Å²) < 4.78 is 9.37. The number of nitrogens with zero attached hydrogens (tertiary/aromatic N) is 3. The van der Waals surface area contributed by atoms with Crippen LogP contribution in [0.4, 0.5) is 0 Å². The fourth-order valence-electron chi connectivity index (χ4n) is 3.00. The van der Waals surface area contributed by atoms with Crippen molar-refractivity contribution in [2.75, 3.05) is 13.2 Å². The quantitative estimate of drug-likeness (QED) is 0.940. The third-order valence-electron chi connectivity index (χ3n) is 4.53. The minimum Gasteiger partial charge on any atom is -0.381 e. The molecule has 1 aliphatic rings. The van der Waals surface area contributed by atoms with Crippen molar-refractivity contribution < 1.29 is 9.53 Å². The van der Waals surface area contributed by atoms with Crippen LogP contribution in [0.5, 0.6) is 0 Å². The highest BCUT2D eigenvalue weighted by Crippen LogP contribution is 2.22. The van der Waals surface area contributed by atoms with E-state index in [0.29, 0.717) is 12.2 Å². The van der Waals surface area contributed by atoms with Gasteiger partial charge in [-0.1, -0.05) is 0 Å². The summed E-state index contributed by atoms with van der Waals surface area (Å²) in [4.78, 5) is 12.6. The molecule has 3 heterocycles. The fourth-order valence-corrected chi connectivity index (χ4v) is 3.00. The highest BCUT2D eigenvalue weighted by molar-refractivity contribution is 5.92. The number of hydrogen-bond donors (Lipinski definition) is 1. The standard InChI is InChI=1S/C17H24N4O2/c1-12-10-16(21(19-12)14-6-8-23-9-7-14)17(22)18-11-15-5-4-13(2)20(15)3/h4-5,10,14H,6-9,11H2,1-3H3,(H,18,22). The molecule has 1 aliphatic heterocycles. The van der Waals surface area contributed by atoms with Crippen LogP contribution in [0.15, 0.2) is 18.2 Å². The predicted molar refractivity (Wildman–Crippen MR) is 87.4 cm³/mol. The maximum absolute atomic E-state index is 12.6. The number of aryl methyl sites for hydroxylation is 2. The van der Waals surface area contributed by atoms with Crippen LogP contribution in [0.3, 0.4) is 0 Å². The molecular formula is C17H24N4O2. The number of ether oxygens (including phenoxy) is 1. The molecule has 0 unspecified atom stereocenters. The molecule has 1 N–H and O–H groups in total. The molecule has 0 aromatic carbocycles. The van der Waals surface area contributed by atoms with Gasteiger partial charge in [-0.15, -0.1) is 0 Å². The van der Waals surface area contributed by atoms with E-state index in [1.165, 1.54) is 5.69 Å². The smallest absolute Gasteiger partial charge is 0.269 e. The number of carbonyl (C=O) groups excluding carboxylic acids is 1. The van der Waals surface area contributed by atoms with Gasteiger partial charge >= 0.3 is 0 Å². The predicted octanol–water partition coefficient (Wildman–Crippen LogP) is 2.12. The summed E-state index contributed by atoms with van der Waals surface area (Å²) in [6.07, 6.45) is 1.80. The van der Waals surface area contributed by atoms with Crippen LogP contribution in [0.25, 0.3) is 0 Å². The maximum atomic E-state index is 12.6. The van der Waals surface area contributed by atoms with Gasteiger partial charge in [-0.25, -0.2) is 0 Å². The summed E-state index contributed by atoms with van der Waals surface area (Å²) in [7, 11) is 2.01. The first kappa shape index (κ1) is 15.8. The number of amides is 1. The third-order valence-corrected chi connectivity index (χ3v) is 4.53. The van der Waals surface area contributed by atoms with E-state index in [4.69, 9.17) is 4.74 Å². The Hall–Kier alpha value is -2.08. The number of rotatable bonds is 4. The molecule has 0 bridgehead atoms. The van der Waals surface area contributed by atoms with Crippen molar-refractivity contribution >= 4 is 5.91 Å². The zero-order valence-corrected chi connectivity index (χ0v) is 14.0. The van der Waals surface area contributed by atoms with Gasteiger partial charge in [0.15, 0.2) is 0 Å². The van der Waals surface area contributed by atoms with Crippen LogP contribution in [-0.2, 0) is 18.3 Å². The van der Waals surface area contributed by atoms with E-state index >= 15 is 0 Å². The first-order chi connectivity index (χ1) is 11.1. The van der Waals surface area contributed by atoms with Gasteiger partial charge in [0.05, 0.1) is 18.3 Å². The third kappa shape index (κ3) is 3.32. The number of carbonyl (C=O) groups is 1. The first-order valence-electron chi connectivity index (χ1n) is 8.09. The normalized spacial score (nSPS) is 15.8. The van der Waals surface area contributed by atoms with Gasteiger partial charge in [0.25, 0.3) is 5.91 Å². The summed E-state index contributed by atoms with van der Waals surface area (Å²) in [5.41, 5.74) is 3.78. The van der Waals surface area contributed by atoms with E-state index in [-0.39, 0.29) is 11.9 Å². The van der Waals surface area contributed by atoms with Gasteiger partial charge in [-0.05, 0) is 44.9 Å². The molecule has 23 heavy (non-hydrogen) atoms. The van der Waals surface area contributed by atoms with E-state index in [1.54, 1.807) is 0 Å². The Labute approximate surface area is 136 Å². The Bertz CT molecular complexity index is 696. The first-order valence-corrected chi connectivity index (χ1v) is 8.09.